The van der Waals surface area contributed by atoms with Crippen LogP contribution in [-0.2, 0) is 10.0 Å². The third-order valence-corrected chi connectivity index (χ3v) is 6.07. The van der Waals surface area contributed by atoms with Gasteiger partial charge in [-0.2, -0.15) is 0 Å². The predicted octanol–water partition coefficient (Wildman–Crippen LogP) is 1.90. The molecular formula is C17H26N4O4S. The minimum absolute atomic E-state index is 0.0139. The summed E-state index contributed by atoms with van der Waals surface area (Å²) in [6.45, 7) is 4.69. The van der Waals surface area contributed by atoms with Crippen molar-refractivity contribution in [1.29, 1.82) is 0 Å². The molecule has 2 amide bonds. The largest absolute Gasteiger partial charge is 0.474 e. The smallest absolute Gasteiger partial charge is 0.320 e. The van der Waals surface area contributed by atoms with Gasteiger partial charge in [0.15, 0.2) is 0 Å². The molecule has 0 spiro atoms. The Balaban J connectivity index is 1.47. The molecule has 1 aromatic rings. The van der Waals surface area contributed by atoms with E-state index in [1.54, 1.807) is 19.1 Å². The zero-order chi connectivity index (χ0) is 18.6. The van der Waals surface area contributed by atoms with E-state index in [2.05, 4.69) is 9.71 Å². The number of anilines is 1. The first-order valence-corrected chi connectivity index (χ1v) is 10.8. The number of likely N-dealkylation sites (tertiary alicyclic amines) is 2. The summed E-state index contributed by atoms with van der Waals surface area (Å²) in [6, 6.07) is 3.45. The van der Waals surface area contributed by atoms with E-state index in [0.29, 0.717) is 24.7 Å². The number of rotatable bonds is 5. The first-order valence-electron chi connectivity index (χ1n) is 9.14. The van der Waals surface area contributed by atoms with Crippen molar-refractivity contribution in [2.24, 2.45) is 0 Å². The highest BCUT2D eigenvalue weighted by Gasteiger charge is 2.28. The molecule has 3 heterocycles. The van der Waals surface area contributed by atoms with Crippen LogP contribution in [0.5, 0.6) is 5.88 Å². The number of nitrogens with zero attached hydrogens (tertiary/aromatic N) is 3. The van der Waals surface area contributed by atoms with Crippen LogP contribution in [0, 0.1) is 0 Å². The van der Waals surface area contributed by atoms with Gasteiger partial charge < -0.3 is 14.5 Å². The van der Waals surface area contributed by atoms with Crippen molar-refractivity contribution in [1.82, 2.24) is 14.8 Å². The van der Waals surface area contributed by atoms with E-state index >= 15 is 0 Å². The van der Waals surface area contributed by atoms with Gasteiger partial charge in [0.25, 0.3) is 0 Å². The van der Waals surface area contributed by atoms with Crippen LogP contribution in [-0.4, -0.2) is 67.3 Å². The number of hydrogen-bond donors (Lipinski definition) is 1. The maximum Gasteiger partial charge on any atom is 0.320 e. The average Bonchev–Trinajstić information content (AvgIpc) is 3.18. The number of ether oxygens (including phenoxy) is 1. The number of hydrogen-bond acceptors (Lipinski definition) is 5. The molecule has 144 valence electrons. The maximum absolute atomic E-state index is 12.4. The lowest BCUT2D eigenvalue weighted by molar-refractivity contribution is 0.0954. The topological polar surface area (TPSA) is 91.8 Å². The molecule has 8 nitrogen and oxygen atoms in total. The first kappa shape index (κ1) is 18.8. The fraction of sp³-hybridized carbons (Fsp3) is 0.647. The van der Waals surface area contributed by atoms with Gasteiger partial charge in [0.05, 0.1) is 17.6 Å². The number of piperidine rings is 1. The zero-order valence-electron chi connectivity index (χ0n) is 15.1. The monoisotopic (exact) mass is 382 g/mol. The van der Waals surface area contributed by atoms with Gasteiger partial charge in [0.2, 0.25) is 15.9 Å². The van der Waals surface area contributed by atoms with E-state index in [0.717, 1.165) is 38.8 Å². The molecule has 0 radical (unpaired) electrons. The molecule has 2 saturated heterocycles. The maximum atomic E-state index is 12.4. The highest BCUT2D eigenvalue weighted by Crippen LogP contribution is 2.21. The Labute approximate surface area is 154 Å². The van der Waals surface area contributed by atoms with Crippen molar-refractivity contribution in [3.05, 3.63) is 18.3 Å². The fourth-order valence-corrected chi connectivity index (χ4v) is 3.83. The number of pyridine rings is 1. The normalized spacial score (nSPS) is 18.8. The molecule has 0 aromatic carbocycles. The van der Waals surface area contributed by atoms with Crippen molar-refractivity contribution in [2.45, 2.75) is 38.7 Å². The van der Waals surface area contributed by atoms with Gasteiger partial charge in [0.1, 0.15) is 6.10 Å². The Bertz CT molecular complexity index is 709. The van der Waals surface area contributed by atoms with Crippen molar-refractivity contribution < 1.29 is 17.9 Å². The van der Waals surface area contributed by atoms with Gasteiger partial charge in [-0.15, -0.1) is 0 Å². The molecule has 0 unspecified atom stereocenters. The fourth-order valence-electron chi connectivity index (χ4n) is 3.21. The number of sulfonamides is 1. The molecule has 9 heteroatoms. The highest BCUT2D eigenvalue weighted by molar-refractivity contribution is 7.92. The predicted molar refractivity (Wildman–Crippen MR) is 98.7 cm³/mol. The molecule has 2 aliphatic rings. The van der Waals surface area contributed by atoms with Crippen LogP contribution in [0.2, 0.25) is 0 Å². The standard InChI is InChI=1S/C17H26N4O4S/c1-2-26(23,24)19-14-5-6-16(18-13-14)25-15-7-11-21(12-8-15)17(22)20-9-3-4-10-20/h5-6,13,15,19H,2-4,7-12H2,1H3. The van der Waals surface area contributed by atoms with E-state index in [1.165, 1.54) is 6.20 Å². The van der Waals surface area contributed by atoms with E-state index in [4.69, 9.17) is 4.74 Å². The van der Waals surface area contributed by atoms with Crippen molar-refractivity contribution in [3.8, 4) is 5.88 Å². The third-order valence-electron chi connectivity index (χ3n) is 4.77. The van der Waals surface area contributed by atoms with Crippen LogP contribution in [0.4, 0.5) is 10.5 Å². The van der Waals surface area contributed by atoms with E-state index < -0.39 is 10.0 Å². The summed E-state index contributed by atoms with van der Waals surface area (Å²) in [7, 11) is -3.31. The minimum atomic E-state index is -3.31. The highest BCUT2D eigenvalue weighted by atomic mass is 32.2. The van der Waals surface area contributed by atoms with Gasteiger partial charge in [-0.1, -0.05) is 0 Å². The Hall–Kier alpha value is -2.03. The Morgan fingerprint density at radius 2 is 1.85 bits per heavy atom. The molecule has 3 rings (SSSR count). The quantitative estimate of drug-likeness (QED) is 0.840. The number of carbonyl (C=O) groups is 1. The van der Waals surface area contributed by atoms with Crippen molar-refractivity contribution >= 4 is 21.7 Å². The molecule has 0 atom stereocenters. The second-order valence-corrected chi connectivity index (χ2v) is 8.68. The van der Waals surface area contributed by atoms with E-state index in [9.17, 15) is 13.2 Å². The summed E-state index contributed by atoms with van der Waals surface area (Å²) in [6.07, 6.45) is 5.21. The lowest BCUT2D eigenvalue weighted by Gasteiger charge is -2.34. The van der Waals surface area contributed by atoms with Crippen molar-refractivity contribution in [2.75, 3.05) is 36.7 Å². The van der Waals surface area contributed by atoms with E-state index in [1.807, 2.05) is 9.80 Å². The number of urea groups is 1. The second-order valence-electron chi connectivity index (χ2n) is 6.67. The van der Waals surface area contributed by atoms with Crippen LogP contribution in [0.1, 0.15) is 32.6 Å². The molecule has 2 fully saturated rings. The third kappa shape index (κ3) is 4.78. The molecule has 1 aromatic heterocycles. The van der Waals surface area contributed by atoms with Crippen molar-refractivity contribution in [3.63, 3.8) is 0 Å². The van der Waals surface area contributed by atoms with Crippen LogP contribution < -0.4 is 9.46 Å². The number of aromatic nitrogens is 1. The van der Waals surface area contributed by atoms with Gasteiger partial charge in [-0.25, -0.2) is 18.2 Å². The van der Waals surface area contributed by atoms with Crippen LogP contribution in [0.3, 0.4) is 0 Å². The molecule has 0 aliphatic carbocycles. The summed E-state index contributed by atoms with van der Waals surface area (Å²) in [5.74, 6) is 0.480. The summed E-state index contributed by atoms with van der Waals surface area (Å²) in [4.78, 5) is 20.4. The summed E-state index contributed by atoms with van der Waals surface area (Å²) >= 11 is 0. The number of nitrogens with one attached hydrogen (secondary N) is 1. The Kier molecular flexibility index (Phi) is 5.85. The Morgan fingerprint density at radius 1 is 1.19 bits per heavy atom. The van der Waals surface area contributed by atoms with Crippen LogP contribution >= 0.6 is 0 Å². The SMILES string of the molecule is CCS(=O)(=O)Nc1ccc(OC2CCN(C(=O)N3CCCC3)CC2)nc1. The Morgan fingerprint density at radius 3 is 2.42 bits per heavy atom. The zero-order valence-corrected chi connectivity index (χ0v) is 15.9. The van der Waals surface area contributed by atoms with Crippen LogP contribution in [0.15, 0.2) is 18.3 Å². The molecule has 2 aliphatic heterocycles. The molecular weight excluding hydrogens is 356 g/mol. The minimum Gasteiger partial charge on any atom is -0.474 e. The lowest BCUT2D eigenvalue weighted by atomic mass is 10.1. The second kappa shape index (κ2) is 8.11. The molecule has 0 bridgehead atoms. The molecule has 1 N–H and O–H groups in total. The van der Waals surface area contributed by atoms with E-state index in [-0.39, 0.29) is 17.9 Å². The summed E-state index contributed by atoms with van der Waals surface area (Å²) in [5.41, 5.74) is 0.422. The molecule has 26 heavy (non-hydrogen) atoms. The average molecular weight is 382 g/mol. The van der Waals surface area contributed by atoms with Gasteiger partial charge in [-0.3, -0.25) is 4.72 Å². The number of amides is 2. The summed E-state index contributed by atoms with van der Waals surface area (Å²) < 4.78 is 31.4. The van der Waals surface area contributed by atoms with Gasteiger partial charge >= 0.3 is 6.03 Å². The number of carbonyl (C=O) groups excluding carboxylic acids is 1. The molecule has 0 saturated carbocycles. The lowest BCUT2D eigenvalue weighted by Crippen LogP contribution is -2.47. The van der Waals surface area contributed by atoms with Crippen LogP contribution in [0.25, 0.3) is 0 Å². The van der Waals surface area contributed by atoms with Gasteiger partial charge in [-0.05, 0) is 25.8 Å². The van der Waals surface area contributed by atoms with Gasteiger partial charge in [0, 0.05) is 45.1 Å². The summed E-state index contributed by atoms with van der Waals surface area (Å²) in [5, 5.41) is 0. The first-order chi connectivity index (χ1) is 12.5.